The van der Waals surface area contributed by atoms with Crippen LogP contribution in [0.5, 0.6) is 0 Å². The molecule has 0 saturated carbocycles. The summed E-state index contributed by atoms with van der Waals surface area (Å²) in [6, 6.07) is 13.1. The largest absolute Gasteiger partial charge is 0.478 e. The lowest BCUT2D eigenvalue weighted by molar-refractivity contribution is 0.0127. The van der Waals surface area contributed by atoms with Gasteiger partial charge in [0.05, 0.1) is 11.7 Å². The van der Waals surface area contributed by atoms with Crippen LogP contribution >= 0.6 is 11.6 Å². The summed E-state index contributed by atoms with van der Waals surface area (Å²) in [6.45, 7) is 0.159. The average Bonchev–Trinajstić information content (AvgIpc) is 2.66. The summed E-state index contributed by atoms with van der Waals surface area (Å²) in [5, 5.41) is 32.2. The molecule has 0 aliphatic rings. The number of hydrogen-bond donors (Lipinski definition) is 4. The van der Waals surface area contributed by atoms with Gasteiger partial charge in [-0.15, -0.1) is 0 Å². The van der Waals surface area contributed by atoms with E-state index in [0.717, 1.165) is 5.56 Å². The van der Waals surface area contributed by atoms with Gasteiger partial charge in [-0.05, 0) is 29.7 Å². The summed E-state index contributed by atoms with van der Waals surface area (Å²) in [6.07, 6.45) is -3.36. The van der Waals surface area contributed by atoms with E-state index in [-0.39, 0.29) is 35.7 Å². The van der Waals surface area contributed by atoms with Crippen LogP contribution in [0.2, 0.25) is 5.02 Å². The van der Waals surface area contributed by atoms with Gasteiger partial charge in [-0.3, -0.25) is 0 Å². The lowest BCUT2D eigenvalue weighted by Crippen LogP contribution is -2.30. The van der Waals surface area contributed by atoms with E-state index in [1.165, 1.54) is 18.2 Å². The number of rotatable bonds is 8. The van der Waals surface area contributed by atoms with Gasteiger partial charge in [0.15, 0.2) is 0 Å². The molecule has 4 N–H and O–H groups in total. The number of benzene rings is 2. The molecule has 8 heteroatoms. The number of hydrogen-bond acceptors (Lipinski definition) is 5. The highest BCUT2D eigenvalue weighted by Gasteiger charge is 2.24. The Labute approximate surface area is 161 Å². The van der Waals surface area contributed by atoms with E-state index < -0.39 is 24.3 Å². The van der Waals surface area contributed by atoms with Crippen molar-refractivity contribution in [3.8, 4) is 0 Å². The van der Waals surface area contributed by atoms with E-state index in [4.69, 9.17) is 16.3 Å². The zero-order chi connectivity index (χ0) is 19.8. The minimum absolute atomic E-state index is 0.00326. The van der Waals surface area contributed by atoms with E-state index in [1.807, 2.05) is 30.3 Å². The highest BCUT2D eigenvalue weighted by molar-refractivity contribution is 6.31. The van der Waals surface area contributed by atoms with Gasteiger partial charge in [0.25, 0.3) is 0 Å². The molecule has 0 radical (unpaired) electrons. The molecular formula is C19H20ClNO6. The van der Waals surface area contributed by atoms with E-state index >= 15 is 0 Å². The number of carboxylic acids is 1. The zero-order valence-electron chi connectivity index (χ0n) is 14.3. The number of halogens is 1. The van der Waals surface area contributed by atoms with E-state index in [0.29, 0.717) is 0 Å². The first-order valence-corrected chi connectivity index (χ1v) is 8.59. The lowest BCUT2D eigenvalue weighted by atomic mass is 9.97. The maximum atomic E-state index is 11.6. The summed E-state index contributed by atoms with van der Waals surface area (Å²) < 4.78 is 5.03. The molecule has 2 aromatic carbocycles. The quantitative estimate of drug-likeness (QED) is 0.548. The molecule has 0 aromatic heterocycles. The van der Waals surface area contributed by atoms with Crippen molar-refractivity contribution >= 4 is 23.7 Å². The first kappa shape index (κ1) is 20.7. The standard InChI is InChI=1S/C19H20ClNO6/c20-13-6-7-14(15(10-13)18(24)25)17(23)16(22)8-9-21-19(26)27-11-12-4-2-1-3-5-12/h1-7,10,16-17,22-23H,8-9,11H2,(H,21,26)(H,24,25). The van der Waals surface area contributed by atoms with E-state index in [2.05, 4.69) is 5.32 Å². The van der Waals surface area contributed by atoms with Crippen LogP contribution in [0.4, 0.5) is 4.79 Å². The monoisotopic (exact) mass is 393 g/mol. The van der Waals surface area contributed by atoms with Gasteiger partial charge in [0.1, 0.15) is 12.7 Å². The van der Waals surface area contributed by atoms with Crippen LogP contribution in [-0.2, 0) is 11.3 Å². The van der Waals surface area contributed by atoms with Crippen LogP contribution in [0, 0.1) is 0 Å². The molecule has 0 aliphatic heterocycles. The Hall–Kier alpha value is -2.61. The number of aliphatic hydroxyl groups excluding tert-OH is 2. The van der Waals surface area contributed by atoms with Crippen LogP contribution in [0.15, 0.2) is 48.5 Å². The molecule has 0 aliphatic carbocycles. The maximum Gasteiger partial charge on any atom is 0.407 e. The second-order valence-corrected chi connectivity index (χ2v) is 6.26. The maximum absolute atomic E-state index is 11.6. The number of carbonyl (C=O) groups excluding carboxylic acids is 1. The molecule has 27 heavy (non-hydrogen) atoms. The molecule has 2 aromatic rings. The number of ether oxygens (including phenoxy) is 1. The summed E-state index contributed by atoms with van der Waals surface area (Å²) in [4.78, 5) is 22.9. The molecule has 144 valence electrons. The Morgan fingerprint density at radius 3 is 2.48 bits per heavy atom. The number of amides is 1. The van der Waals surface area contributed by atoms with Crippen LogP contribution in [0.3, 0.4) is 0 Å². The van der Waals surface area contributed by atoms with Crippen LogP contribution < -0.4 is 5.32 Å². The number of alkyl carbamates (subject to hydrolysis) is 1. The number of carbonyl (C=O) groups is 2. The number of aliphatic hydroxyl groups is 2. The van der Waals surface area contributed by atoms with Crippen molar-refractivity contribution in [1.29, 1.82) is 0 Å². The van der Waals surface area contributed by atoms with Crippen molar-refractivity contribution < 1.29 is 29.6 Å². The van der Waals surface area contributed by atoms with Crippen LogP contribution in [0.1, 0.15) is 34.0 Å². The topological polar surface area (TPSA) is 116 Å². The van der Waals surface area contributed by atoms with Gasteiger partial charge in [0, 0.05) is 11.6 Å². The molecule has 2 rings (SSSR count). The zero-order valence-corrected chi connectivity index (χ0v) is 15.1. The molecule has 2 atom stereocenters. The normalized spacial score (nSPS) is 12.9. The summed E-state index contributed by atoms with van der Waals surface area (Å²) in [5.74, 6) is -1.26. The third kappa shape index (κ3) is 6.25. The Bertz CT molecular complexity index is 783. The molecule has 0 spiro atoms. The lowest BCUT2D eigenvalue weighted by Gasteiger charge is -2.20. The summed E-state index contributed by atoms with van der Waals surface area (Å²) in [7, 11) is 0. The van der Waals surface area contributed by atoms with Crippen molar-refractivity contribution in [3.05, 3.63) is 70.2 Å². The fourth-order valence-corrected chi connectivity index (χ4v) is 2.61. The summed E-state index contributed by atoms with van der Waals surface area (Å²) >= 11 is 5.77. The van der Waals surface area contributed by atoms with Gasteiger partial charge < -0.3 is 25.4 Å². The molecule has 0 saturated heterocycles. The smallest absolute Gasteiger partial charge is 0.407 e. The van der Waals surface area contributed by atoms with Crippen molar-refractivity contribution in [2.24, 2.45) is 0 Å². The first-order valence-electron chi connectivity index (χ1n) is 8.22. The highest BCUT2D eigenvalue weighted by atomic mass is 35.5. The van der Waals surface area contributed by atoms with Gasteiger partial charge in [0.2, 0.25) is 0 Å². The Kier molecular flexibility index (Phi) is 7.60. The van der Waals surface area contributed by atoms with Crippen molar-refractivity contribution in [1.82, 2.24) is 5.32 Å². The number of aromatic carboxylic acids is 1. The second-order valence-electron chi connectivity index (χ2n) is 5.83. The van der Waals surface area contributed by atoms with Crippen LogP contribution in [0.25, 0.3) is 0 Å². The number of carboxylic acid groups (broad SMARTS) is 1. The minimum Gasteiger partial charge on any atom is -0.478 e. The Morgan fingerprint density at radius 1 is 1.11 bits per heavy atom. The third-order valence-electron chi connectivity index (χ3n) is 3.85. The van der Waals surface area contributed by atoms with Gasteiger partial charge in [-0.2, -0.15) is 0 Å². The molecule has 0 fully saturated rings. The fraction of sp³-hybridized carbons (Fsp3) is 0.263. The van der Waals surface area contributed by atoms with Crippen molar-refractivity contribution in [2.45, 2.75) is 25.2 Å². The predicted octanol–water partition coefficient (Wildman–Crippen LogP) is 2.75. The molecule has 0 bridgehead atoms. The average molecular weight is 394 g/mol. The van der Waals surface area contributed by atoms with Crippen molar-refractivity contribution in [2.75, 3.05) is 6.54 Å². The molecule has 2 unspecified atom stereocenters. The molecule has 0 heterocycles. The van der Waals surface area contributed by atoms with Gasteiger partial charge in [-0.25, -0.2) is 9.59 Å². The Balaban J connectivity index is 1.82. The predicted molar refractivity (Wildman–Crippen MR) is 98.6 cm³/mol. The van der Waals surface area contributed by atoms with E-state index in [1.54, 1.807) is 0 Å². The molecule has 1 amide bonds. The molecular weight excluding hydrogens is 374 g/mol. The van der Waals surface area contributed by atoms with Crippen molar-refractivity contribution in [3.63, 3.8) is 0 Å². The van der Waals surface area contributed by atoms with E-state index in [9.17, 15) is 24.9 Å². The Morgan fingerprint density at radius 2 is 1.81 bits per heavy atom. The minimum atomic E-state index is -1.43. The van der Waals surface area contributed by atoms with Crippen LogP contribution in [-0.4, -0.2) is 40.0 Å². The fourth-order valence-electron chi connectivity index (χ4n) is 2.43. The second kappa shape index (κ2) is 9.91. The summed E-state index contributed by atoms with van der Waals surface area (Å²) in [5.41, 5.74) is 0.697. The first-order chi connectivity index (χ1) is 12.9. The van der Waals surface area contributed by atoms with Gasteiger partial charge >= 0.3 is 12.1 Å². The SMILES string of the molecule is O=C(NCCC(O)C(O)c1ccc(Cl)cc1C(=O)O)OCc1ccccc1. The third-order valence-corrected chi connectivity index (χ3v) is 4.09. The number of nitrogens with one attached hydrogen (secondary N) is 1. The molecule has 7 nitrogen and oxygen atoms in total. The highest BCUT2D eigenvalue weighted by Crippen LogP contribution is 2.25. The van der Waals surface area contributed by atoms with Gasteiger partial charge in [-0.1, -0.05) is 48.0 Å².